The fourth-order valence-corrected chi connectivity index (χ4v) is 3.90. The molecule has 10 heteroatoms. The molecule has 0 spiro atoms. The number of rotatable bonds is 5. The van der Waals surface area contributed by atoms with Gasteiger partial charge in [-0.15, -0.1) is 0 Å². The molecular formula is C17H19BrClN5O3. The second-order valence-corrected chi connectivity index (χ2v) is 7.28. The van der Waals surface area contributed by atoms with Crippen molar-refractivity contribution in [2.75, 3.05) is 19.5 Å². The predicted octanol–water partition coefficient (Wildman–Crippen LogP) is 2.78. The van der Waals surface area contributed by atoms with Crippen molar-refractivity contribution in [2.45, 2.75) is 26.0 Å². The molecule has 0 aliphatic heterocycles. The Labute approximate surface area is 169 Å². The van der Waals surface area contributed by atoms with Crippen molar-refractivity contribution >= 4 is 44.4 Å². The van der Waals surface area contributed by atoms with Gasteiger partial charge in [-0.25, -0.2) is 14.6 Å². The van der Waals surface area contributed by atoms with Gasteiger partial charge in [-0.1, -0.05) is 11.6 Å². The predicted molar refractivity (Wildman–Crippen MR) is 106 cm³/mol. The Morgan fingerprint density at radius 2 is 2.11 bits per heavy atom. The number of ether oxygens (including phenoxy) is 1. The van der Waals surface area contributed by atoms with Crippen molar-refractivity contribution in [3.05, 3.63) is 38.7 Å². The van der Waals surface area contributed by atoms with Gasteiger partial charge >= 0.3 is 0 Å². The van der Waals surface area contributed by atoms with Crippen LogP contribution in [0.2, 0.25) is 5.02 Å². The molecule has 2 atom stereocenters. The first-order chi connectivity index (χ1) is 12.8. The molecule has 0 aliphatic carbocycles. The average Bonchev–Trinajstić information content (AvgIpc) is 3.05. The molecule has 4 N–H and O–H groups in total. The topological polar surface area (TPSA) is 119 Å². The van der Waals surface area contributed by atoms with Gasteiger partial charge in [0, 0.05) is 10.6 Å². The molecule has 27 heavy (non-hydrogen) atoms. The van der Waals surface area contributed by atoms with Crippen LogP contribution in [0.1, 0.15) is 35.9 Å². The Bertz CT molecular complexity index is 1010. The van der Waals surface area contributed by atoms with E-state index in [1.165, 1.54) is 6.33 Å². The van der Waals surface area contributed by atoms with Gasteiger partial charge in [0.2, 0.25) is 0 Å². The van der Waals surface area contributed by atoms with Gasteiger partial charge in [-0.2, -0.15) is 5.10 Å². The summed E-state index contributed by atoms with van der Waals surface area (Å²) in [4.78, 5) is 8.25. The van der Waals surface area contributed by atoms with Crippen LogP contribution in [0.4, 0.5) is 5.82 Å². The van der Waals surface area contributed by atoms with E-state index in [-0.39, 0.29) is 17.6 Å². The minimum Gasteiger partial charge on any atom is -0.495 e. The zero-order valence-corrected chi connectivity index (χ0v) is 17.3. The van der Waals surface area contributed by atoms with E-state index in [0.29, 0.717) is 21.8 Å². The maximum Gasteiger partial charge on any atom is 0.164 e. The van der Waals surface area contributed by atoms with Gasteiger partial charge in [-0.05, 0) is 41.4 Å². The third-order valence-electron chi connectivity index (χ3n) is 4.49. The number of methoxy groups -OCH3 is 1. The Morgan fingerprint density at radius 1 is 1.41 bits per heavy atom. The van der Waals surface area contributed by atoms with E-state index in [1.54, 1.807) is 11.8 Å². The molecular weight excluding hydrogens is 438 g/mol. The number of aliphatic hydroxyl groups excluding tert-OH is 2. The Kier molecular flexibility index (Phi) is 5.57. The number of hydrogen-bond acceptors (Lipinski definition) is 7. The summed E-state index contributed by atoms with van der Waals surface area (Å²) in [6.07, 6.45) is 0.122. The van der Waals surface area contributed by atoms with E-state index in [1.807, 2.05) is 19.9 Å². The Hall–Kier alpha value is -1.94. The van der Waals surface area contributed by atoms with E-state index >= 15 is 0 Å². The summed E-state index contributed by atoms with van der Waals surface area (Å²) in [6.45, 7) is 3.28. The van der Waals surface area contributed by atoms with Gasteiger partial charge in [0.15, 0.2) is 5.65 Å². The van der Waals surface area contributed by atoms with Crippen LogP contribution in [-0.4, -0.2) is 43.7 Å². The summed E-state index contributed by atoms with van der Waals surface area (Å²) >= 11 is 9.89. The highest BCUT2D eigenvalue weighted by molar-refractivity contribution is 9.10. The molecule has 0 fully saturated rings. The van der Waals surface area contributed by atoms with Crippen molar-refractivity contribution in [1.82, 2.24) is 19.7 Å². The lowest BCUT2D eigenvalue weighted by Crippen LogP contribution is -2.12. The van der Waals surface area contributed by atoms with Crippen molar-refractivity contribution in [3.8, 4) is 5.75 Å². The quantitative estimate of drug-likeness (QED) is 0.540. The molecule has 3 aromatic rings. The number of nitrogens with zero attached hydrogens (tertiary/aromatic N) is 4. The van der Waals surface area contributed by atoms with E-state index < -0.39 is 12.7 Å². The van der Waals surface area contributed by atoms with Gasteiger partial charge in [0.25, 0.3) is 0 Å². The normalized spacial score (nSPS) is 13.7. The van der Waals surface area contributed by atoms with Gasteiger partial charge in [-0.3, -0.25) is 0 Å². The lowest BCUT2D eigenvalue weighted by atomic mass is 10.0. The molecule has 2 aromatic heterocycles. The van der Waals surface area contributed by atoms with Crippen molar-refractivity contribution < 1.29 is 14.9 Å². The van der Waals surface area contributed by atoms with E-state index in [0.717, 1.165) is 15.6 Å². The van der Waals surface area contributed by atoms with Gasteiger partial charge < -0.3 is 20.7 Å². The fourth-order valence-electron chi connectivity index (χ4n) is 2.97. The molecule has 0 amide bonds. The fraction of sp³-hybridized carbons (Fsp3) is 0.353. The van der Waals surface area contributed by atoms with Gasteiger partial charge in [0.05, 0.1) is 29.6 Å². The number of nitrogens with two attached hydrogens (primary N) is 1. The summed E-state index contributed by atoms with van der Waals surface area (Å²) in [5.74, 6) is 0.801. The number of nitrogen functional groups attached to an aromatic ring is 1. The second kappa shape index (κ2) is 7.59. The minimum atomic E-state index is -1.20. The summed E-state index contributed by atoms with van der Waals surface area (Å²) in [7, 11) is 1.58. The minimum absolute atomic E-state index is 0.177. The van der Waals surface area contributed by atoms with Gasteiger partial charge in [0.1, 0.15) is 29.7 Å². The molecule has 0 aliphatic rings. The third-order valence-corrected chi connectivity index (χ3v) is 5.83. The lowest BCUT2D eigenvalue weighted by Gasteiger charge is -2.20. The highest BCUT2D eigenvalue weighted by atomic mass is 79.9. The Balaban J connectivity index is 2.27. The smallest absolute Gasteiger partial charge is 0.164 e. The summed E-state index contributed by atoms with van der Waals surface area (Å²) in [5, 5.41) is 25.0. The van der Waals surface area contributed by atoms with Crippen LogP contribution in [0.5, 0.6) is 5.75 Å². The largest absolute Gasteiger partial charge is 0.495 e. The first kappa shape index (κ1) is 19.8. The first-order valence-corrected chi connectivity index (χ1v) is 9.28. The molecule has 8 nitrogen and oxygen atoms in total. The standard InChI is InChI=1S/C17H19BrClN5O3/c1-7-10(19)4-9(15(27-3)13(7)18)8(2)24-17-12(16(20)21-6-22-17)14(23-24)11(26)5-25/h4,6,8,11,25-26H,5H2,1-3H3,(H2,20,21,22). The number of halogens is 2. The monoisotopic (exact) mass is 455 g/mol. The Morgan fingerprint density at radius 3 is 2.74 bits per heavy atom. The highest BCUT2D eigenvalue weighted by Crippen LogP contribution is 2.41. The molecule has 0 bridgehead atoms. The first-order valence-electron chi connectivity index (χ1n) is 8.11. The van der Waals surface area contributed by atoms with Crippen LogP contribution < -0.4 is 10.5 Å². The zero-order chi connectivity index (χ0) is 19.9. The third kappa shape index (κ3) is 3.25. The molecule has 0 radical (unpaired) electrons. The lowest BCUT2D eigenvalue weighted by molar-refractivity contribution is 0.0926. The summed E-state index contributed by atoms with van der Waals surface area (Å²) in [6, 6.07) is 1.46. The molecule has 0 saturated carbocycles. The van der Waals surface area contributed by atoms with E-state index in [9.17, 15) is 10.2 Å². The second-order valence-electron chi connectivity index (χ2n) is 6.08. The van der Waals surface area contributed by atoms with Crippen molar-refractivity contribution in [2.24, 2.45) is 0 Å². The number of hydrogen-bond donors (Lipinski definition) is 3. The van der Waals surface area contributed by atoms with Crippen LogP contribution in [0.15, 0.2) is 16.9 Å². The van der Waals surface area contributed by atoms with E-state index in [2.05, 4.69) is 31.0 Å². The highest BCUT2D eigenvalue weighted by Gasteiger charge is 2.26. The van der Waals surface area contributed by atoms with Crippen LogP contribution >= 0.6 is 27.5 Å². The number of aromatic nitrogens is 4. The molecule has 3 rings (SSSR count). The van der Waals surface area contributed by atoms with Crippen molar-refractivity contribution in [3.63, 3.8) is 0 Å². The van der Waals surface area contributed by atoms with Crippen LogP contribution in [-0.2, 0) is 0 Å². The molecule has 0 saturated heterocycles. The van der Waals surface area contributed by atoms with Crippen LogP contribution in [0.3, 0.4) is 0 Å². The number of fused-ring (bicyclic) bond motifs is 1. The maximum absolute atomic E-state index is 10.2. The van der Waals surface area contributed by atoms with Crippen molar-refractivity contribution in [1.29, 1.82) is 0 Å². The number of aliphatic hydroxyl groups is 2. The van der Waals surface area contributed by atoms with Crippen LogP contribution in [0, 0.1) is 6.92 Å². The number of anilines is 1. The number of benzene rings is 1. The SMILES string of the molecule is COc1c(C(C)n2nc(C(O)CO)c3c(N)ncnc32)cc(Cl)c(C)c1Br. The van der Waals surface area contributed by atoms with Crippen LogP contribution in [0.25, 0.3) is 11.0 Å². The average molecular weight is 457 g/mol. The van der Waals surface area contributed by atoms with E-state index in [4.69, 9.17) is 22.1 Å². The molecule has 144 valence electrons. The maximum atomic E-state index is 10.2. The zero-order valence-electron chi connectivity index (χ0n) is 14.9. The summed E-state index contributed by atoms with van der Waals surface area (Å²) < 4.78 is 7.93. The molecule has 2 heterocycles. The summed E-state index contributed by atoms with van der Waals surface area (Å²) in [5.41, 5.74) is 8.26. The molecule has 1 aromatic carbocycles. The molecule has 2 unspecified atom stereocenters.